The molecule has 1 amide bonds. The van der Waals surface area contributed by atoms with Crippen LogP contribution in [0.3, 0.4) is 0 Å². The number of thiazole rings is 1. The van der Waals surface area contributed by atoms with Gasteiger partial charge in [-0.05, 0) is 24.3 Å². The van der Waals surface area contributed by atoms with Crippen molar-refractivity contribution in [3.63, 3.8) is 0 Å². The molecule has 0 spiro atoms. The van der Waals surface area contributed by atoms with Gasteiger partial charge in [-0.3, -0.25) is 18.9 Å². The zero-order valence-electron chi connectivity index (χ0n) is 15.7. The molecule has 1 aliphatic heterocycles. The zero-order chi connectivity index (χ0) is 20.2. The maximum atomic E-state index is 12.5. The van der Waals surface area contributed by atoms with Gasteiger partial charge >= 0.3 is 0 Å². The standard InChI is InChI=1S/C20H20N6O2S/c21-12-15-1-3-16(4-2-15)22-13-19(28)25-7-5-24(6-8-25)14-17-11-18(27)26-9-10-29-20(26)23-17/h1-4,9-11,22H,5-8,13-14H2. The molecule has 3 heterocycles. The Bertz CT molecular complexity index is 1110. The van der Waals surface area contributed by atoms with Crippen LogP contribution in [0.2, 0.25) is 0 Å². The molecule has 3 aromatic rings. The van der Waals surface area contributed by atoms with E-state index in [1.807, 2.05) is 10.3 Å². The number of carbonyl (C=O) groups is 1. The van der Waals surface area contributed by atoms with Crippen LogP contribution in [-0.4, -0.2) is 57.8 Å². The fraction of sp³-hybridized carbons (Fsp3) is 0.300. The zero-order valence-corrected chi connectivity index (χ0v) is 16.6. The van der Waals surface area contributed by atoms with Crippen LogP contribution < -0.4 is 10.9 Å². The van der Waals surface area contributed by atoms with Crippen molar-refractivity contribution >= 4 is 27.9 Å². The number of aromatic nitrogens is 2. The Kier molecular flexibility index (Phi) is 5.55. The smallest absolute Gasteiger partial charge is 0.258 e. The Labute approximate surface area is 171 Å². The van der Waals surface area contributed by atoms with E-state index in [4.69, 9.17) is 5.26 Å². The second-order valence-electron chi connectivity index (χ2n) is 6.84. The first-order chi connectivity index (χ1) is 14.1. The van der Waals surface area contributed by atoms with Crippen molar-refractivity contribution in [3.05, 3.63) is 63.5 Å². The maximum absolute atomic E-state index is 12.5. The first-order valence-corrected chi connectivity index (χ1v) is 10.2. The SMILES string of the molecule is N#Cc1ccc(NCC(=O)N2CCN(Cc3cc(=O)n4ccsc4n3)CC2)cc1. The number of nitrogens with zero attached hydrogens (tertiary/aromatic N) is 5. The van der Waals surface area contributed by atoms with Gasteiger partial charge in [-0.25, -0.2) is 4.98 Å². The molecule has 1 aromatic carbocycles. The van der Waals surface area contributed by atoms with E-state index in [-0.39, 0.29) is 18.0 Å². The molecule has 1 fully saturated rings. The van der Waals surface area contributed by atoms with E-state index in [1.165, 1.54) is 11.3 Å². The molecular formula is C20H20N6O2S. The highest BCUT2D eigenvalue weighted by atomic mass is 32.1. The summed E-state index contributed by atoms with van der Waals surface area (Å²) in [6.07, 6.45) is 1.73. The number of hydrogen-bond acceptors (Lipinski definition) is 7. The van der Waals surface area contributed by atoms with Crippen molar-refractivity contribution in [2.45, 2.75) is 6.54 Å². The van der Waals surface area contributed by atoms with Gasteiger partial charge in [-0.2, -0.15) is 5.26 Å². The summed E-state index contributed by atoms with van der Waals surface area (Å²) >= 11 is 1.45. The Morgan fingerprint density at radius 2 is 1.97 bits per heavy atom. The predicted octanol–water partition coefficient (Wildman–Crippen LogP) is 1.38. The number of piperazine rings is 1. The number of carbonyl (C=O) groups excluding carboxylic acids is 1. The molecule has 1 saturated heterocycles. The van der Waals surface area contributed by atoms with E-state index >= 15 is 0 Å². The highest BCUT2D eigenvalue weighted by molar-refractivity contribution is 7.15. The summed E-state index contributed by atoms with van der Waals surface area (Å²) in [6.45, 7) is 3.61. The summed E-state index contributed by atoms with van der Waals surface area (Å²) in [7, 11) is 0. The van der Waals surface area contributed by atoms with Crippen LogP contribution in [0, 0.1) is 11.3 Å². The van der Waals surface area contributed by atoms with E-state index in [0.717, 1.165) is 24.5 Å². The summed E-state index contributed by atoms with van der Waals surface area (Å²) in [5.41, 5.74) is 2.11. The summed E-state index contributed by atoms with van der Waals surface area (Å²) in [6, 6.07) is 10.7. The molecule has 0 bridgehead atoms. The maximum Gasteiger partial charge on any atom is 0.258 e. The number of anilines is 1. The van der Waals surface area contributed by atoms with Crippen molar-refractivity contribution in [2.24, 2.45) is 0 Å². The van der Waals surface area contributed by atoms with Gasteiger partial charge in [-0.15, -0.1) is 11.3 Å². The van der Waals surface area contributed by atoms with Crippen LogP contribution in [0.5, 0.6) is 0 Å². The van der Waals surface area contributed by atoms with Gasteiger partial charge in [0.15, 0.2) is 4.96 Å². The van der Waals surface area contributed by atoms with E-state index < -0.39 is 0 Å². The normalized spacial score (nSPS) is 14.7. The minimum Gasteiger partial charge on any atom is -0.376 e. The molecule has 0 atom stereocenters. The summed E-state index contributed by atoms with van der Waals surface area (Å²) < 4.78 is 1.55. The van der Waals surface area contributed by atoms with Gasteiger partial charge in [0, 0.05) is 56.1 Å². The summed E-state index contributed by atoms with van der Waals surface area (Å²) in [4.78, 5) is 33.9. The van der Waals surface area contributed by atoms with E-state index in [0.29, 0.717) is 30.2 Å². The minimum absolute atomic E-state index is 0.0467. The number of nitriles is 1. The van der Waals surface area contributed by atoms with Crippen molar-refractivity contribution in [1.29, 1.82) is 5.26 Å². The Hall–Kier alpha value is -3.22. The quantitative estimate of drug-likeness (QED) is 0.686. The topological polar surface area (TPSA) is 93.7 Å². The molecule has 29 heavy (non-hydrogen) atoms. The fourth-order valence-corrected chi connectivity index (χ4v) is 4.04. The monoisotopic (exact) mass is 408 g/mol. The van der Waals surface area contributed by atoms with Gasteiger partial charge in [0.1, 0.15) is 0 Å². The van der Waals surface area contributed by atoms with Gasteiger partial charge in [0.25, 0.3) is 5.56 Å². The molecule has 0 unspecified atom stereocenters. The van der Waals surface area contributed by atoms with Gasteiger partial charge in [-0.1, -0.05) is 0 Å². The van der Waals surface area contributed by atoms with E-state index in [1.54, 1.807) is 40.9 Å². The Morgan fingerprint density at radius 3 is 2.69 bits per heavy atom. The first-order valence-electron chi connectivity index (χ1n) is 9.32. The lowest BCUT2D eigenvalue weighted by molar-refractivity contribution is -0.131. The average molecular weight is 408 g/mol. The van der Waals surface area contributed by atoms with Gasteiger partial charge in [0.05, 0.1) is 23.9 Å². The van der Waals surface area contributed by atoms with Crippen LogP contribution in [0.4, 0.5) is 5.69 Å². The van der Waals surface area contributed by atoms with Gasteiger partial charge in [0.2, 0.25) is 5.91 Å². The van der Waals surface area contributed by atoms with Crippen molar-refractivity contribution in [1.82, 2.24) is 19.2 Å². The van der Waals surface area contributed by atoms with Crippen molar-refractivity contribution < 1.29 is 4.79 Å². The molecule has 0 saturated carbocycles. The number of hydrogen-bond donors (Lipinski definition) is 1. The number of fused-ring (bicyclic) bond motifs is 1. The fourth-order valence-electron chi connectivity index (χ4n) is 3.31. The Balaban J connectivity index is 1.27. The molecule has 0 radical (unpaired) electrons. The molecular weight excluding hydrogens is 388 g/mol. The van der Waals surface area contributed by atoms with Crippen LogP contribution in [0.15, 0.2) is 46.7 Å². The number of amides is 1. The third kappa shape index (κ3) is 4.45. The second-order valence-corrected chi connectivity index (χ2v) is 7.71. The summed E-state index contributed by atoms with van der Waals surface area (Å²) in [5.74, 6) is 0.0467. The molecule has 148 valence electrons. The minimum atomic E-state index is -0.0612. The third-order valence-corrected chi connectivity index (χ3v) is 5.68. The number of benzene rings is 1. The number of rotatable bonds is 5. The van der Waals surface area contributed by atoms with Crippen LogP contribution in [0.25, 0.3) is 4.96 Å². The van der Waals surface area contributed by atoms with Gasteiger partial charge < -0.3 is 10.2 Å². The molecule has 2 aromatic heterocycles. The highest BCUT2D eigenvalue weighted by Gasteiger charge is 2.21. The largest absolute Gasteiger partial charge is 0.376 e. The van der Waals surface area contributed by atoms with Crippen molar-refractivity contribution in [2.75, 3.05) is 38.0 Å². The molecule has 0 aliphatic carbocycles. The Morgan fingerprint density at radius 1 is 1.21 bits per heavy atom. The second kappa shape index (κ2) is 8.43. The van der Waals surface area contributed by atoms with Crippen LogP contribution in [0.1, 0.15) is 11.3 Å². The predicted molar refractivity (Wildman–Crippen MR) is 111 cm³/mol. The van der Waals surface area contributed by atoms with E-state index in [2.05, 4.69) is 21.3 Å². The first kappa shape index (κ1) is 19.1. The van der Waals surface area contributed by atoms with E-state index in [9.17, 15) is 9.59 Å². The lowest BCUT2D eigenvalue weighted by Crippen LogP contribution is -2.49. The molecule has 1 N–H and O–H groups in total. The van der Waals surface area contributed by atoms with Crippen molar-refractivity contribution in [3.8, 4) is 6.07 Å². The summed E-state index contributed by atoms with van der Waals surface area (Å²) in [5, 5.41) is 13.8. The lowest BCUT2D eigenvalue weighted by atomic mass is 10.2. The third-order valence-electron chi connectivity index (χ3n) is 4.92. The molecule has 8 nitrogen and oxygen atoms in total. The molecule has 9 heteroatoms. The highest BCUT2D eigenvalue weighted by Crippen LogP contribution is 2.11. The molecule has 1 aliphatic rings. The van der Waals surface area contributed by atoms with Crippen LogP contribution >= 0.6 is 11.3 Å². The molecule has 4 rings (SSSR count). The van der Waals surface area contributed by atoms with Crippen LogP contribution in [-0.2, 0) is 11.3 Å². The lowest BCUT2D eigenvalue weighted by Gasteiger charge is -2.34. The average Bonchev–Trinajstić information content (AvgIpc) is 3.22. The number of nitrogens with one attached hydrogen (secondary N) is 1.